The molecule has 2 N–H and O–H groups in total. The Hall–Kier alpha value is -3.94. The van der Waals surface area contributed by atoms with Gasteiger partial charge in [0.2, 0.25) is 5.96 Å². The van der Waals surface area contributed by atoms with Gasteiger partial charge < -0.3 is 14.2 Å². The van der Waals surface area contributed by atoms with Crippen molar-refractivity contribution in [2.24, 2.45) is 4.99 Å². The number of anilines is 2. The normalized spacial score (nSPS) is 15.5. The molecule has 0 saturated heterocycles. The Labute approximate surface area is 163 Å². The third-order valence-electron chi connectivity index (χ3n) is 4.71. The zero-order valence-corrected chi connectivity index (χ0v) is 15.3. The quantitative estimate of drug-likeness (QED) is 0.533. The van der Waals surface area contributed by atoms with Gasteiger partial charge in [-0.15, -0.1) is 0 Å². The highest BCUT2D eigenvalue weighted by atomic mass is 19.1. The first-order chi connectivity index (χ1) is 14.1. The second-order valence-corrected chi connectivity index (χ2v) is 6.66. The van der Waals surface area contributed by atoms with E-state index in [9.17, 15) is 9.18 Å². The summed E-state index contributed by atoms with van der Waals surface area (Å²) in [6, 6.07) is 12.8. The molecule has 0 spiro atoms. The summed E-state index contributed by atoms with van der Waals surface area (Å²) >= 11 is 0. The van der Waals surface area contributed by atoms with Crippen molar-refractivity contribution in [2.45, 2.75) is 13.0 Å². The number of aromatic nitrogens is 1. The number of benzene rings is 2. The molecule has 29 heavy (non-hydrogen) atoms. The number of nitrogens with zero attached hydrogens (tertiary/aromatic N) is 2. The average molecular weight is 390 g/mol. The highest BCUT2D eigenvalue weighted by Crippen LogP contribution is 2.34. The molecule has 0 saturated carbocycles. The van der Waals surface area contributed by atoms with Crippen molar-refractivity contribution in [3.8, 4) is 0 Å². The van der Waals surface area contributed by atoms with Crippen molar-refractivity contribution in [2.75, 3.05) is 10.6 Å². The van der Waals surface area contributed by atoms with Crippen LogP contribution in [0.3, 0.4) is 0 Å². The molecule has 1 atom stereocenters. The van der Waals surface area contributed by atoms with Gasteiger partial charge in [-0.3, -0.25) is 5.32 Å². The van der Waals surface area contributed by atoms with Crippen molar-refractivity contribution in [3.05, 3.63) is 87.7 Å². The van der Waals surface area contributed by atoms with Gasteiger partial charge in [0.25, 0.3) is 0 Å². The summed E-state index contributed by atoms with van der Waals surface area (Å²) in [6.07, 6.45) is 1.39. The Balaban J connectivity index is 1.59. The number of aryl methyl sites for hydroxylation is 1. The maximum Gasteiger partial charge on any atom is 0.343 e. The van der Waals surface area contributed by atoms with E-state index >= 15 is 0 Å². The number of para-hydroxylation sites is 2. The van der Waals surface area contributed by atoms with Gasteiger partial charge in [0, 0.05) is 5.56 Å². The molecule has 144 valence electrons. The van der Waals surface area contributed by atoms with Crippen molar-refractivity contribution >= 4 is 28.8 Å². The number of fused-ring (bicyclic) bond motifs is 2. The van der Waals surface area contributed by atoms with Crippen molar-refractivity contribution in [1.82, 2.24) is 4.98 Å². The predicted molar refractivity (Wildman–Crippen MR) is 107 cm³/mol. The average Bonchev–Trinajstić information content (AvgIpc) is 3.13. The minimum absolute atomic E-state index is 0.263. The maximum absolute atomic E-state index is 13.4. The fourth-order valence-corrected chi connectivity index (χ4v) is 3.31. The summed E-state index contributed by atoms with van der Waals surface area (Å²) in [5.41, 5.74) is 3.18. The number of oxazole rings is 1. The predicted octanol–water partition coefficient (Wildman–Crippen LogP) is 4.21. The summed E-state index contributed by atoms with van der Waals surface area (Å²) in [6.45, 7) is 1.82. The lowest BCUT2D eigenvalue weighted by atomic mass is 9.97. The third kappa shape index (κ3) is 3.04. The standard InChI is InChI=1S/C21H15FN4O3/c1-11-10-28-19(27)16-17(11)24-20(25-18(16)12-6-8-13(22)9-7-12)26-21-23-14-4-2-3-5-15(14)29-21/h2-10,18H,1H3,(H2,23,24,25,26)/t18-/m1/s1. The Bertz CT molecular complexity index is 1270. The van der Waals surface area contributed by atoms with Crippen LogP contribution in [0.4, 0.5) is 16.1 Å². The van der Waals surface area contributed by atoms with E-state index in [1.54, 1.807) is 12.1 Å². The van der Waals surface area contributed by atoms with Gasteiger partial charge in [-0.2, -0.15) is 4.98 Å². The van der Waals surface area contributed by atoms with Crippen LogP contribution in [0, 0.1) is 12.7 Å². The molecule has 0 amide bonds. The zero-order valence-electron chi connectivity index (χ0n) is 15.3. The number of hydrogen-bond acceptors (Lipinski definition) is 7. The van der Waals surface area contributed by atoms with Crippen LogP contribution < -0.4 is 16.3 Å². The summed E-state index contributed by atoms with van der Waals surface area (Å²) in [7, 11) is 0. The van der Waals surface area contributed by atoms with Crippen LogP contribution in [0.1, 0.15) is 22.7 Å². The molecule has 0 bridgehead atoms. The van der Waals surface area contributed by atoms with Crippen molar-refractivity contribution in [1.29, 1.82) is 0 Å². The molecule has 0 unspecified atom stereocenters. The lowest BCUT2D eigenvalue weighted by Crippen LogP contribution is -2.31. The summed E-state index contributed by atoms with van der Waals surface area (Å²) in [4.78, 5) is 21.4. The van der Waals surface area contributed by atoms with Crippen LogP contribution in [0.25, 0.3) is 11.1 Å². The van der Waals surface area contributed by atoms with E-state index in [4.69, 9.17) is 8.83 Å². The molecule has 0 fully saturated rings. The number of hydrogen-bond donors (Lipinski definition) is 2. The van der Waals surface area contributed by atoms with Crippen molar-refractivity contribution in [3.63, 3.8) is 0 Å². The highest BCUT2D eigenvalue weighted by Gasteiger charge is 2.29. The van der Waals surface area contributed by atoms with E-state index in [0.29, 0.717) is 33.9 Å². The van der Waals surface area contributed by atoms with E-state index in [0.717, 1.165) is 5.56 Å². The van der Waals surface area contributed by atoms with E-state index in [-0.39, 0.29) is 11.8 Å². The molecule has 8 heteroatoms. The van der Waals surface area contributed by atoms with Gasteiger partial charge in [-0.1, -0.05) is 24.3 Å². The molecule has 2 aromatic carbocycles. The molecule has 1 aliphatic rings. The highest BCUT2D eigenvalue weighted by molar-refractivity contribution is 6.05. The number of rotatable bonds is 2. The molecule has 1 aliphatic heterocycles. The Morgan fingerprint density at radius 3 is 2.72 bits per heavy atom. The molecule has 2 aromatic heterocycles. The molecule has 0 radical (unpaired) electrons. The summed E-state index contributed by atoms with van der Waals surface area (Å²) in [5, 5.41) is 6.14. The van der Waals surface area contributed by atoms with E-state index < -0.39 is 11.7 Å². The van der Waals surface area contributed by atoms with Crippen molar-refractivity contribution < 1.29 is 13.2 Å². The lowest BCUT2D eigenvalue weighted by molar-refractivity contribution is 0.494. The van der Waals surface area contributed by atoms with Crippen LogP contribution in [0.2, 0.25) is 0 Å². The van der Waals surface area contributed by atoms with Crippen LogP contribution in [0.5, 0.6) is 0 Å². The first-order valence-electron chi connectivity index (χ1n) is 8.93. The SMILES string of the molecule is Cc1coc(=O)c2c1NC(Nc1nc3ccccc3o1)=N[C@@H]2c1ccc(F)cc1. The summed E-state index contributed by atoms with van der Waals surface area (Å²) < 4.78 is 24.2. The van der Waals surface area contributed by atoms with Gasteiger partial charge in [0.15, 0.2) is 5.58 Å². The number of halogens is 1. The first kappa shape index (κ1) is 17.2. The first-order valence-corrected chi connectivity index (χ1v) is 8.93. The van der Waals surface area contributed by atoms with E-state index in [2.05, 4.69) is 20.6 Å². The van der Waals surface area contributed by atoms with Gasteiger partial charge in [-0.25, -0.2) is 14.2 Å². The Morgan fingerprint density at radius 2 is 1.93 bits per heavy atom. The second kappa shape index (κ2) is 6.59. The van der Waals surface area contributed by atoms with Gasteiger partial charge in [-0.05, 0) is 36.8 Å². The van der Waals surface area contributed by atoms with Crippen LogP contribution in [0.15, 0.2) is 73.4 Å². The number of nitrogens with one attached hydrogen (secondary N) is 2. The molecule has 4 aromatic rings. The molecule has 3 heterocycles. The zero-order chi connectivity index (χ0) is 20.0. The van der Waals surface area contributed by atoms with Gasteiger partial charge in [0.05, 0.1) is 17.5 Å². The molecule has 0 aliphatic carbocycles. The maximum atomic E-state index is 13.4. The fraction of sp³-hybridized carbons (Fsp3) is 0.0952. The molecular weight excluding hydrogens is 375 g/mol. The molecule has 7 nitrogen and oxygen atoms in total. The number of aliphatic imine (C=N–C) groups is 1. The minimum Gasteiger partial charge on any atom is -0.431 e. The van der Waals surface area contributed by atoms with E-state index in [1.807, 2.05) is 31.2 Å². The Kier molecular flexibility index (Phi) is 3.90. The second-order valence-electron chi connectivity index (χ2n) is 6.66. The fourth-order valence-electron chi connectivity index (χ4n) is 3.31. The smallest absolute Gasteiger partial charge is 0.343 e. The van der Waals surface area contributed by atoms with Crippen LogP contribution in [-0.2, 0) is 0 Å². The Morgan fingerprint density at radius 1 is 1.14 bits per heavy atom. The van der Waals surface area contributed by atoms with Crippen LogP contribution >= 0.6 is 0 Å². The van der Waals surface area contributed by atoms with E-state index in [1.165, 1.54) is 18.4 Å². The van der Waals surface area contributed by atoms with Gasteiger partial charge in [0.1, 0.15) is 17.4 Å². The number of guanidine groups is 1. The monoisotopic (exact) mass is 390 g/mol. The largest absolute Gasteiger partial charge is 0.431 e. The minimum atomic E-state index is -0.671. The van der Waals surface area contributed by atoms with Gasteiger partial charge >= 0.3 is 11.6 Å². The third-order valence-corrected chi connectivity index (χ3v) is 4.71. The van der Waals surface area contributed by atoms with Crippen LogP contribution in [-0.4, -0.2) is 10.9 Å². The summed E-state index contributed by atoms with van der Waals surface area (Å²) in [5.74, 6) is -0.0138. The lowest BCUT2D eigenvalue weighted by Gasteiger charge is -2.25. The topological polar surface area (TPSA) is 92.7 Å². The molecule has 5 rings (SSSR count). The molecular formula is C21H15FN4O3.